The van der Waals surface area contributed by atoms with E-state index in [1.807, 2.05) is 47.9 Å². The number of ether oxygens (including phenoxy) is 1. The molecule has 2 heterocycles. The molecule has 0 unspecified atom stereocenters. The SMILES string of the molecule is Cc1nc2cc(C(=O)O[C@H](C)C(=O)N3CCC(C)CC3)ccc2n1-c1ccccc1. The number of hydrogen-bond acceptors (Lipinski definition) is 4. The maximum Gasteiger partial charge on any atom is 0.338 e. The third-order valence-corrected chi connectivity index (χ3v) is 5.80. The molecule has 0 saturated carbocycles. The molecule has 30 heavy (non-hydrogen) atoms. The van der Waals surface area contributed by atoms with Gasteiger partial charge < -0.3 is 9.64 Å². The van der Waals surface area contributed by atoms with E-state index in [0.717, 1.165) is 48.5 Å². The van der Waals surface area contributed by atoms with Crippen LogP contribution in [0.5, 0.6) is 0 Å². The zero-order valence-corrected chi connectivity index (χ0v) is 17.7. The van der Waals surface area contributed by atoms with Gasteiger partial charge in [-0.3, -0.25) is 9.36 Å². The number of esters is 1. The summed E-state index contributed by atoms with van der Waals surface area (Å²) in [6.07, 6.45) is 1.18. The molecular formula is C24H27N3O3. The second kappa shape index (κ2) is 8.30. The van der Waals surface area contributed by atoms with Crippen LogP contribution in [0.4, 0.5) is 0 Å². The molecule has 1 amide bonds. The van der Waals surface area contributed by atoms with E-state index in [1.165, 1.54) is 0 Å². The summed E-state index contributed by atoms with van der Waals surface area (Å²) in [4.78, 5) is 31.7. The van der Waals surface area contributed by atoms with E-state index in [1.54, 1.807) is 24.0 Å². The number of nitrogens with zero attached hydrogens (tertiary/aromatic N) is 3. The Morgan fingerprint density at radius 2 is 1.80 bits per heavy atom. The summed E-state index contributed by atoms with van der Waals surface area (Å²) in [6, 6.07) is 15.3. The zero-order chi connectivity index (χ0) is 21.3. The van der Waals surface area contributed by atoms with Crippen LogP contribution in [0.25, 0.3) is 16.7 Å². The summed E-state index contributed by atoms with van der Waals surface area (Å²) in [5.41, 5.74) is 3.05. The Bertz CT molecular complexity index is 1070. The molecule has 0 radical (unpaired) electrons. The van der Waals surface area contributed by atoms with Crippen molar-refractivity contribution in [3.8, 4) is 5.69 Å². The van der Waals surface area contributed by atoms with Crippen molar-refractivity contribution in [3.05, 3.63) is 59.9 Å². The van der Waals surface area contributed by atoms with Gasteiger partial charge in [0.1, 0.15) is 5.82 Å². The molecule has 0 N–H and O–H groups in total. The number of imidazole rings is 1. The summed E-state index contributed by atoms with van der Waals surface area (Å²) in [5, 5.41) is 0. The van der Waals surface area contributed by atoms with Gasteiger partial charge >= 0.3 is 5.97 Å². The minimum atomic E-state index is -0.801. The van der Waals surface area contributed by atoms with Crippen molar-refractivity contribution in [1.29, 1.82) is 0 Å². The van der Waals surface area contributed by atoms with Crippen LogP contribution in [0, 0.1) is 12.8 Å². The number of piperidine rings is 1. The topological polar surface area (TPSA) is 64.4 Å². The number of aryl methyl sites for hydroxylation is 1. The van der Waals surface area contributed by atoms with Gasteiger partial charge in [0, 0.05) is 18.8 Å². The molecule has 6 heteroatoms. The van der Waals surface area contributed by atoms with Crippen LogP contribution in [-0.2, 0) is 9.53 Å². The fraction of sp³-hybridized carbons (Fsp3) is 0.375. The number of fused-ring (bicyclic) bond motifs is 1. The highest BCUT2D eigenvalue weighted by atomic mass is 16.5. The number of rotatable bonds is 4. The van der Waals surface area contributed by atoms with Crippen LogP contribution in [0.15, 0.2) is 48.5 Å². The molecule has 0 aliphatic carbocycles. The van der Waals surface area contributed by atoms with Crippen LogP contribution in [-0.4, -0.2) is 45.5 Å². The van der Waals surface area contributed by atoms with Gasteiger partial charge in [0.05, 0.1) is 16.6 Å². The number of hydrogen-bond donors (Lipinski definition) is 0. The molecular weight excluding hydrogens is 378 g/mol. The van der Waals surface area contributed by atoms with Crippen LogP contribution >= 0.6 is 0 Å². The number of carbonyl (C=O) groups is 2. The van der Waals surface area contributed by atoms with E-state index in [-0.39, 0.29) is 5.91 Å². The second-order valence-corrected chi connectivity index (χ2v) is 8.09. The lowest BCUT2D eigenvalue weighted by atomic mass is 9.99. The van der Waals surface area contributed by atoms with Gasteiger partial charge in [0.2, 0.25) is 0 Å². The van der Waals surface area contributed by atoms with E-state index in [4.69, 9.17) is 4.74 Å². The third kappa shape index (κ3) is 3.95. The first-order valence-corrected chi connectivity index (χ1v) is 10.5. The number of aromatic nitrogens is 2. The summed E-state index contributed by atoms with van der Waals surface area (Å²) >= 11 is 0. The molecule has 1 aliphatic heterocycles. The largest absolute Gasteiger partial charge is 0.449 e. The predicted molar refractivity (Wildman–Crippen MR) is 116 cm³/mol. The van der Waals surface area contributed by atoms with Gasteiger partial charge in [-0.15, -0.1) is 0 Å². The van der Waals surface area contributed by atoms with E-state index in [2.05, 4.69) is 11.9 Å². The average Bonchev–Trinajstić information content (AvgIpc) is 3.09. The van der Waals surface area contributed by atoms with Crippen molar-refractivity contribution in [2.75, 3.05) is 13.1 Å². The van der Waals surface area contributed by atoms with Gasteiger partial charge in [-0.25, -0.2) is 9.78 Å². The lowest BCUT2D eigenvalue weighted by molar-refractivity contribution is -0.141. The van der Waals surface area contributed by atoms with Gasteiger partial charge in [-0.1, -0.05) is 25.1 Å². The van der Waals surface area contributed by atoms with E-state index in [0.29, 0.717) is 11.5 Å². The highest BCUT2D eigenvalue weighted by Gasteiger charge is 2.27. The van der Waals surface area contributed by atoms with Crippen molar-refractivity contribution in [2.45, 2.75) is 39.7 Å². The predicted octanol–water partition coefficient (Wildman–Crippen LogP) is 4.14. The van der Waals surface area contributed by atoms with Gasteiger partial charge in [-0.2, -0.15) is 0 Å². The molecule has 2 aromatic carbocycles. The maximum absolute atomic E-state index is 12.7. The molecule has 0 spiro atoms. The molecule has 1 atom stereocenters. The van der Waals surface area contributed by atoms with Gasteiger partial charge in [-0.05, 0) is 62.9 Å². The van der Waals surface area contributed by atoms with Crippen molar-refractivity contribution in [3.63, 3.8) is 0 Å². The normalized spacial score (nSPS) is 15.9. The Balaban J connectivity index is 1.51. The number of benzene rings is 2. The molecule has 6 nitrogen and oxygen atoms in total. The molecule has 4 rings (SSSR count). The highest BCUT2D eigenvalue weighted by Crippen LogP contribution is 2.23. The minimum absolute atomic E-state index is 0.125. The number of likely N-dealkylation sites (tertiary alicyclic amines) is 1. The van der Waals surface area contributed by atoms with Crippen molar-refractivity contribution in [1.82, 2.24) is 14.5 Å². The maximum atomic E-state index is 12.7. The molecule has 3 aromatic rings. The highest BCUT2D eigenvalue weighted by molar-refractivity contribution is 5.95. The molecule has 1 aromatic heterocycles. The van der Waals surface area contributed by atoms with Crippen LogP contribution in [0.2, 0.25) is 0 Å². The first-order chi connectivity index (χ1) is 14.4. The fourth-order valence-electron chi connectivity index (χ4n) is 4.00. The molecule has 0 bridgehead atoms. The minimum Gasteiger partial charge on any atom is -0.449 e. The lowest BCUT2D eigenvalue weighted by Gasteiger charge is -2.31. The second-order valence-electron chi connectivity index (χ2n) is 8.09. The summed E-state index contributed by atoms with van der Waals surface area (Å²) in [6.45, 7) is 7.23. The Morgan fingerprint density at radius 3 is 2.50 bits per heavy atom. The monoisotopic (exact) mass is 405 g/mol. The lowest BCUT2D eigenvalue weighted by Crippen LogP contribution is -2.44. The van der Waals surface area contributed by atoms with Crippen molar-refractivity contribution < 1.29 is 14.3 Å². The summed E-state index contributed by atoms with van der Waals surface area (Å²) < 4.78 is 7.53. The Hall–Kier alpha value is -3.15. The van der Waals surface area contributed by atoms with Crippen LogP contribution in [0.1, 0.15) is 42.9 Å². The number of amides is 1. The van der Waals surface area contributed by atoms with Crippen LogP contribution < -0.4 is 0 Å². The van der Waals surface area contributed by atoms with Crippen molar-refractivity contribution in [2.24, 2.45) is 5.92 Å². The number of carbonyl (C=O) groups excluding carboxylic acids is 2. The summed E-state index contributed by atoms with van der Waals surface area (Å²) in [7, 11) is 0. The van der Waals surface area contributed by atoms with E-state index >= 15 is 0 Å². The quantitative estimate of drug-likeness (QED) is 0.612. The van der Waals surface area contributed by atoms with Gasteiger partial charge in [0.15, 0.2) is 6.10 Å². The van der Waals surface area contributed by atoms with Crippen LogP contribution in [0.3, 0.4) is 0 Å². The standard InChI is InChI=1S/C24H27N3O3/c1-16-11-13-26(14-12-16)23(28)17(2)30-24(29)19-9-10-22-21(15-19)25-18(3)27(22)20-7-5-4-6-8-20/h4-10,15-17H,11-14H2,1-3H3/t17-/m1/s1. The molecule has 1 aliphatic rings. The Morgan fingerprint density at radius 1 is 1.10 bits per heavy atom. The van der Waals surface area contributed by atoms with E-state index < -0.39 is 12.1 Å². The molecule has 156 valence electrons. The summed E-state index contributed by atoms with van der Waals surface area (Å²) in [5.74, 6) is 0.845. The first kappa shape index (κ1) is 20.1. The Labute approximate surface area is 176 Å². The average molecular weight is 405 g/mol. The van der Waals surface area contributed by atoms with E-state index in [9.17, 15) is 9.59 Å². The Kier molecular flexibility index (Phi) is 5.57. The fourth-order valence-corrected chi connectivity index (χ4v) is 4.00. The first-order valence-electron chi connectivity index (χ1n) is 10.5. The van der Waals surface area contributed by atoms with Crippen molar-refractivity contribution >= 4 is 22.9 Å². The number of para-hydroxylation sites is 1. The molecule has 1 fully saturated rings. The smallest absolute Gasteiger partial charge is 0.338 e. The third-order valence-electron chi connectivity index (χ3n) is 5.80. The molecule has 1 saturated heterocycles. The van der Waals surface area contributed by atoms with Gasteiger partial charge in [0.25, 0.3) is 5.91 Å². The zero-order valence-electron chi connectivity index (χ0n) is 17.7.